The van der Waals surface area contributed by atoms with E-state index in [4.69, 9.17) is 0 Å². The molecule has 6 heteroatoms. The van der Waals surface area contributed by atoms with Crippen LogP contribution >= 0.6 is 0 Å². The molecule has 2 N–H and O–H groups in total. The van der Waals surface area contributed by atoms with Crippen LogP contribution in [0.5, 0.6) is 0 Å². The Hall–Kier alpha value is -2.99. The SMILES string of the molecule is Cc1cc(C)cc(-n2nnc(C(=O)Nc3cccc(C(C)O)c3)c2C)c1. The highest BCUT2D eigenvalue weighted by Gasteiger charge is 2.18. The minimum Gasteiger partial charge on any atom is -0.389 e. The molecule has 0 spiro atoms. The van der Waals surface area contributed by atoms with Gasteiger partial charge in [-0.05, 0) is 68.7 Å². The highest BCUT2D eigenvalue weighted by atomic mass is 16.3. The van der Waals surface area contributed by atoms with Crippen LogP contribution in [-0.4, -0.2) is 26.0 Å². The van der Waals surface area contributed by atoms with Gasteiger partial charge in [0.05, 0.1) is 17.5 Å². The van der Waals surface area contributed by atoms with E-state index >= 15 is 0 Å². The zero-order valence-corrected chi connectivity index (χ0v) is 15.3. The normalized spacial score (nSPS) is 12.0. The molecule has 0 saturated heterocycles. The van der Waals surface area contributed by atoms with Crippen LogP contribution in [-0.2, 0) is 0 Å². The first-order valence-electron chi connectivity index (χ1n) is 8.45. The van der Waals surface area contributed by atoms with Crippen molar-refractivity contribution in [2.45, 2.75) is 33.8 Å². The molecule has 1 amide bonds. The number of aryl methyl sites for hydroxylation is 2. The Bertz CT molecular complexity index is 940. The van der Waals surface area contributed by atoms with E-state index in [1.54, 1.807) is 29.8 Å². The smallest absolute Gasteiger partial charge is 0.278 e. The maximum absolute atomic E-state index is 12.6. The van der Waals surface area contributed by atoms with Crippen LogP contribution in [0.15, 0.2) is 42.5 Å². The van der Waals surface area contributed by atoms with Gasteiger partial charge in [0.2, 0.25) is 0 Å². The molecule has 0 radical (unpaired) electrons. The maximum Gasteiger partial charge on any atom is 0.278 e. The number of hydrogen-bond donors (Lipinski definition) is 2. The van der Waals surface area contributed by atoms with Crippen LogP contribution in [0, 0.1) is 20.8 Å². The Morgan fingerprint density at radius 2 is 1.81 bits per heavy atom. The molecule has 6 nitrogen and oxygen atoms in total. The quantitative estimate of drug-likeness (QED) is 0.755. The number of aliphatic hydroxyl groups is 1. The zero-order valence-electron chi connectivity index (χ0n) is 15.3. The summed E-state index contributed by atoms with van der Waals surface area (Å²) in [5, 5.41) is 20.7. The van der Waals surface area contributed by atoms with Crippen molar-refractivity contribution in [1.82, 2.24) is 15.0 Å². The fourth-order valence-corrected chi connectivity index (χ4v) is 2.92. The molecule has 0 aliphatic carbocycles. The number of nitrogens with zero attached hydrogens (tertiary/aromatic N) is 3. The Labute approximate surface area is 152 Å². The fraction of sp³-hybridized carbons (Fsp3) is 0.250. The maximum atomic E-state index is 12.6. The average molecular weight is 350 g/mol. The van der Waals surface area contributed by atoms with Gasteiger partial charge in [-0.1, -0.05) is 23.4 Å². The Balaban J connectivity index is 1.87. The van der Waals surface area contributed by atoms with Gasteiger partial charge >= 0.3 is 0 Å². The van der Waals surface area contributed by atoms with Crippen LogP contribution in [0.1, 0.15) is 45.9 Å². The van der Waals surface area contributed by atoms with Gasteiger partial charge in [0, 0.05) is 5.69 Å². The number of carbonyl (C=O) groups excluding carboxylic acids is 1. The first kappa shape index (κ1) is 17.8. The van der Waals surface area contributed by atoms with Crippen LogP contribution in [0.25, 0.3) is 5.69 Å². The molecule has 0 saturated carbocycles. The van der Waals surface area contributed by atoms with E-state index in [1.165, 1.54) is 0 Å². The Morgan fingerprint density at radius 3 is 2.46 bits per heavy atom. The lowest BCUT2D eigenvalue weighted by Gasteiger charge is -2.09. The van der Waals surface area contributed by atoms with Crippen LogP contribution in [0.2, 0.25) is 0 Å². The van der Waals surface area contributed by atoms with Crippen molar-refractivity contribution < 1.29 is 9.90 Å². The summed E-state index contributed by atoms with van der Waals surface area (Å²) in [5.41, 5.74) is 5.40. The molecule has 134 valence electrons. The van der Waals surface area contributed by atoms with Crippen molar-refractivity contribution in [3.05, 3.63) is 70.5 Å². The summed E-state index contributed by atoms with van der Waals surface area (Å²) >= 11 is 0. The third-order valence-corrected chi connectivity index (χ3v) is 4.19. The van der Waals surface area contributed by atoms with Crippen molar-refractivity contribution in [2.24, 2.45) is 0 Å². The van der Waals surface area contributed by atoms with Gasteiger partial charge in [0.25, 0.3) is 5.91 Å². The van der Waals surface area contributed by atoms with Gasteiger partial charge in [-0.25, -0.2) is 4.68 Å². The van der Waals surface area contributed by atoms with Crippen molar-refractivity contribution in [3.8, 4) is 5.69 Å². The van der Waals surface area contributed by atoms with Crippen LogP contribution in [0.4, 0.5) is 5.69 Å². The molecule has 26 heavy (non-hydrogen) atoms. The molecule has 1 unspecified atom stereocenters. The molecule has 0 aliphatic rings. The number of aromatic nitrogens is 3. The van der Waals surface area contributed by atoms with Gasteiger partial charge in [0.15, 0.2) is 5.69 Å². The average Bonchev–Trinajstić information content (AvgIpc) is 2.96. The van der Waals surface area contributed by atoms with Crippen LogP contribution < -0.4 is 5.32 Å². The number of carbonyl (C=O) groups is 1. The number of amides is 1. The van der Waals surface area contributed by atoms with E-state index in [0.717, 1.165) is 22.4 Å². The monoisotopic (exact) mass is 350 g/mol. The molecule has 3 rings (SSSR count). The van der Waals surface area contributed by atoms with Crippen LogP contribution in [0.3, 0.4) is 0 Å². The molecule has 1 aromatic heterocycles. The lowest BCUT2D eigenvalue weighted by molar-refractivity contribution is 0.102. The summed E-state index contributed by atoms with van der Waals surface area (Å²) < 4.78 is 1.67. The zero-order chi connectivity index (χ0) is 18.8. The van der Waals surface area contributed by atoms with E-state index in [1.807, 2.05) is 39.0 Å². The largest absolute Gasteiger partial charge is 0.389 e. The van der Waals surface area contributed by atoms with E-state index in [9.17, 15) is 9.90 Å². The standard InChI is InChI=1S/C20H22N4O2/c1-12-8-13(2)10-18(9-12)24-14(3)19(22-23-24)20(26)21-17-7-5-6-16(11-17)15(4)25/h5-11,15,25H,1-4H3,(H,21,26). The van der Waals surface area contributed by atoms with E-state index < -0.39 is 6.10 Å². The molecule has 1 atom stereocenters. The number of anilines is 1. The minimum atomic E-state index is -0.598. The van der Waals surface area contributed by atoms with Gasteiger partial charge in [-0.15, -0.1) is 5.10 Å². The van der Waals surface area contributed by atoms with E-state index in [0.29, 0.717) is 11.4 Å². The summed E-state index contributed by atoms with van der Waals surface area (Å²) in [6.07, 6.45) is -0.598. The molecule has 1 heterocycles. The van der Waals surface area contributed by atoms with Crippen molar-refractivity contribution in [3.63, 3.8) is 0 Å². The topological polar surface area (TPSA) is 80.0 Å². The summed E-state index contributed by atoms with van der Waals surface area (Å²) in [4.78, 5) is 12.6. The number of rotatable bonds is 4. The molecule has 0 bridgehead atoms. The molecule has 3 aromatic rings. The number of benzene rings is 2. The molecular weight excluding hydrogens is 328 g/mol. The summed E-state index contributed by atoms with van der Waals surface area (Å²) in [6.45, 7) is 7.54. The van der Waals surface area contributed by atoms with Crippen molar-refractivity contribution >= 4 is 11.6 Å². The third-order valence-electron chi connectivity index (χ3n) is 4.19. The Kier molecular flexibility index (Phi) is 4.86. The van der Waals surface area contributed by atoms with E-state index in [-0.39, 0.29) is 11.6 Å². The second-order valence-electron chi connectivity index (χ2n) is 6.54. The predicted octanol–water partition coefficient (Wildman–Crippen LogP) is 3.50. The fourth-order valence-electron chi connectivity index (χ4n) is 2.92. The second-order valence-corrected chi connectivity index (χ2v) is 6.54. The Morgan fingerprint density at radius 1 is 1.12 bits per heavy atom. The van der Waals surface area contributed by atoms with E-state index in [2.05, 4.69) is 21.7 Å². The van der Waals surface area contributed by atoms with Gasteiger partial charge in [-0.3, -0.25) is 4.79 Å². The summed E-state index contributed by atoms with van der Waals surface area (Å²) in [7, 11) is 0. The minimum absolute atomic E-state index is 0.270. The third kappa shape index (κ3) is 3.65. The number of hydrogen-bond acceptors (Lipinski definition) is 4. The van der Waals surface area contributed by atoms with Crippen molar-refractivity contribution in [2.75, 3.05) is 5.32 Å². The molecule has 0 aliphatic heterocycles. The number of nitrogens with one attached hydrogen (secondary N) is 1. The first-order valence-corrected chi connectivity index (χ1v) is 8.45. The molecule has 0 fully saturated rings. The summed E-state index contributed by atoms with van der Waals surface area (Å²) in [5.74, 6) is -0.333. The van der Waals surface area contributed by atoms with Gasteiger partial charge in [0.1, 0.15) is 0 Å². The lowest BCUT2D eigenvalue weighted by Crippen LogP contribution is -2.14. The highest BCUT2D eigenvalue weighted by molar-refractivity contribution is 6.03. The summed E-state index contributed by atoms with van der Waals surface area (Å²) in [6, 6.07) is 13.2. The number of aliphatic hydroxyl groups excluding tert-OH is 1. The van der Waals surface area contributed by atoms with Gasteiger partial charge in [-0.2, -0.15) is 0 Å². The van der Waals surface area contributed by atoms with Crippen molar-refractivity contribution in [1.29, 1.82) is 0 Å². The molecule has 2 aromatic carbocycles. The lowest BCUT2D eigenvalue weighted by atomic mass is 10.1. The second kappa shape index (κ2) is 7.09. The molecular formula is C20H22N4O2. The first-order chi connectivity index (χ1) is 12.3. The van der Waals surface area contributed by atoms with Gasteiger partial charge < -0.3 is 10.4 Å². The predicted molar refractivity (Wildman–Crippen MR) is 101 cm³/mol. The highest BCUT2D eigenvalue weighted by Crippen LogP contribution is 2.19.